The first kappa shape index (κ1) is 16.9. The van der Waals surface area contributed by atoms with Crippen LogP contribution in [-0.4, -0.2) is 43.2 Å². The molecule has 2 heterocycles. The van der Waals surface area contributed by atoms with Gasteiger partial charge in [0.1, 0.15) is 17.1 Å². The lowest BCUT2D eigenvalue weighted by atomic mass is 9.85. The molecule has 1 fully saturated rings. The highest BCUT2D eigenvalue weighted by Gasteiger charge is 2.41. The Balaban J connectivity index is 1.76. The van der Waals surface area contributed by atoms with Gasteiger partial charge in [-0.1, -0.05) is 18.2 Å². The highest BCUT2D eigenvalue weighted by Crippen LogP contribution is 2.48. The van der Waals surface area contributed by atoms with Crippen molar-refractivity contribution in [3.05, 3.63) is 53.1 Å². The Morgan fingerprint density at radius 2 is 1.96 bits per heavy atom. The average molecular weight is 352 g/mol. The summed E-state index contributed by atoms with van der Waals surface area (Å²) in [6.45, 7) is 3.91. The Morgan fingerprint density at radius 1 is 1.23 bits per heavy atom. The quantitative estimate of drug-likeness (QED) is 0.663. The third-order valence-electron chi connectivity index (χ3n) is 5.69. The van der Waals surface area contributed by atoms with Crippen molar-refractivity contribution in [2.75, 3.05) is 32.1 Å². The first-order chi connectivity index (χ1) is 12.5. The lowest BCUT2D eigenvalue weighted by Gasteiger charge is -2.39. The molecule has 136 valence electrons. The predicted molar refractivity (Wildman–Crippen MR) is 101 cm³/mol. The van der Waals surface area contributed by atoms with Gasteiger partial charge in [-0.15, -0.1) is 0 Å². The van der Waals surface area contributed by atoms with Crippen LogP contribution in [0.5, 0.6) is 11.5 Å². The second-order valence-electron chi connectivity index (χ2n) is 7.39. The Kier molecular flexibility index (Phi) is 4.11. The molecule has 1 saturated heterocycles. The van der Waals surface area contributed by atoms with E-state index in [4.69, 9.17) is 4.74 Å². The van der Waals surface area contributed by atoms with Crippen molar-refractivity contribution in [3.8, 4) is 11.5 Å². The number of hydrogen-bond donors (Lipinski definition) is 1. The Labute approximate surface area is 153 Å². The van der Waals surface area contributed by atoms with Gasteiger partial charge in [0.05, 0.1) is 0 Å². The number of carbonyl (C=O) groups excluding carboxylic acids is 1. The van der Waals surface area contributed by atoms with E-state index in [1.54, 1.807) is 18.2 Å². The molecule has 2 aromatic rings. The van der Waals surface area contributed by atoms with Crippen molar-refractivity contribution < 1.29 is 14.6 Å². The number of nitrogens with zero attached hydrogens (tertiary/aromatic N) is 2. The van der Waals surface area contributed by atoms with Gasteiger partial charge in [-0.25, -0.2) is 4.79 Å². The summed E-state index contributed by atoms with van der Waals surface area (Å²) < 4.78 is 5.47. The molecule has 26 heavy (non-hydrogen) atoms. The van der Waals surface area contributed by atoms with Crippen LogP contribution in [0, 0.1) is 12.8 Å². The van der Waals surface area contributed by atoms with Gasteiger partial charge < -0.3 is 14.7 Å². The summed E-state index contributed by atoms with van der Waals surface area (Å²) in [5, 5.41) is 10.7. The predicted octanol–water partition coefficient (Wildman–Crippen LogP) is 3.36. The maximum atomic E-state index is 12.7. The van der Waals surface area contributed by atoms with Crippen LogP contribution in [0.3, 0.4) is 0 Å². The van der Waals surface area contributed by atoms with E-state index in [0.29, 0.717) is 17.7 Å². The van der Waals surface area contributed by atoms with E-state index in [1.807, 2.05) is 25.1 Å². The molecule has 5 heteroatoms. The van der Waals surface area contributed by atoms with E-state index in [0.717, 1.165) is 36.3 Å². The molecule has 0 radical (unpaired) electrons. The topological polar surface area (TPSA) is 53.0 Å². The first-order valence-electron chi connectivity index (χ1n) is 9.02. The molecule has 2 aliphatic heterocycles. The SMILES string of the molecule is Cc1c(C(=O)Oc2ccccc2)c(O)cc2c1N(C)CC1CCN(C)C21. The number of rotatable bonds is 2. The normalized spacial score (nSPS) is 22.0. The smallest absolute Gasteiger partial charge is 0.347 e. The van der Waals surface area contributed by atoms with Gasteiger partial charge in [-0.2, -0.15) is 0 Å². The number of fused-ring (bicyclic) bond motifs is 3. The molecule has 2 atom stereocenters. The fourth-order valence-corrected chi connectivity index (χ4v) is 4.60. The Bertz CT molecular complexity index is 850. The summed E-state index contributed by atoms with van der Waals surface area (Å²) in [5.74, 6) is 0.497. The van der Waals surface area contributed by atoms with Gasteiger partial charge in [0.25, 0.3) is 0 Å². The zero-order valence-corrected chi connectivity index (χ0v) is 15.4. The number of phenols is 1. The number of para-hydroxylation sites is 1. The Hall–Kier alpha value is -2.53. The van der Waals surface area contributed by atoms with Crippen LogP contribution in [0.15, 0.2) is 36.4 Å². The minimum absolute atomic E-state index is 0.00321. The van der Waals surface area contributed by atoms with Crippen LogP contribution in [0.1, 0.15) is 33.9 Å². The van der Waals surface area contributed by atoms with E-state index < -0.39 is 5.97 Å². The summed E-state index contributed by atoms with van der Waals surface area (Å²) in [6.07, 6.45) is 1.16. The number of ether oxygens (including phenoxy) is 1. The molecule has 5 nitrogen and oxygen atoms in total. The molecule has 4 rings (SSSR count). The van der Waals surface area contributed by atoms with E-state index in [-0.39, 0.29) is 11.3 Å². The zero-order chi connectivity index (χ0) is 18.4. The van der Waals surface area contributed by atoms with Crippen molar-refractivity contribution in [2.45, 2.75) is 19.4 Å². The van der Waals surface area contributed by atoms with Crippen LogP contribution < -0.4 is 9.64 Å². The number of carbonyl (C=O) groups is 1. The minimum Gasteiger partial charge on any atom is -0.507 e. The van der Waals surface area contributed by atoms with Gasteiger partial charge in [-0.05, 0) is 62.2 Å². The number of likely N-dealkylation sites (tertiary alicyclic amines) is 1. The molecule has 0 amide bonds. The zero-order valence-electron chi connectivity index (χ0n) is 15.4. The molecule has 1 N–H and O–H groups in total. The van der Waals surface area contributed by atoms with Gasteiger partial charge >= 0.3 is 5.97 Å². The van der Waals surface area contributed by atoms with Crippen molar-refractivity contribution in [1.82, 2.24) is 4.90 Å². The minimum atomic E-state index is -0.524. The number of hydrogen-bond acceptors (Lipinski definition) is 5. The van der Waals surface area contributed by atoms with Crippen molar-refractivity contribution in [1.29, 1.82) is 0 Å². The molecule has 0 aromatic heterocycles. The second kappa shape index (κ2) is 6.32. The number of anilines is 1. The summed E-state index contributed by atoms with van der Waals surface area (Å²) in [6, 6.07) is 11.0. The van der Waals surface area contributed by atoms with Crippen LogP contribution in [-0.2, 0) is 0 Å². The fourth-order valence-electron chi connectivity index (χ4n) is 4.60. The second-order valence-corrected chi connectivity index (χ2v) is 7.39. The molecule has 0 spiro atoms. The number of benzene rings is 2. The van der Waals surface area contributed by atoms with Gasteiger partial charge in [0.15, 0.2) is 0 Å². The standard InChI is InChI=1S/C21H24N2O3/c1-13-18(21(25)26-15-7-5-4-6-8-15)17(24)11-16-19(13)23(3)12-14-9-10-22(2)20(14)16/h4-8,11,14,20,24H,9-10,12H2,1-3H3. The monoisotopic (exact) mass is 352 g/mol. The summed E-state index contributed by atoms with van der Waals surface area (Å²) in [7, 11) is 4.19. The van der Waals surface area contributed by atoms with E-state index >= 15 is 0 Å². The molecular formula is C21H24N2O3. The summed E-state index contributed by atoms with van der Waals surface area (Å²) in [5.41, 5.74) is 3.17. The fraction of sp³-hybridized carbons (Fsp3) is 0.381. The van der Waals surface area contributed by atoms with E-state index in [2.05, 4.69) is 23.9 Å². The molecule has 0 bridgehead atoms. The van der Waals surface area contributed by atoms with Crippen molar-refractivity contribution in [3.63, 3.8) is 0 Å². The summed E-state index contributed by atoms with van der Waals surface area (Å²) in [4.78, 5) is 17.3. The lowest BCUT2D eigenvalue weighted by Crippen LogP contribution is -2.37. The molecular weight excluding hydrogens is 328 g/mol. The van der Waals surface area contributed by atoms with Crippen LogP contribution in [0.2, 0.25) is 0 Å². The van der Waals surface area contributed by atoms with Crippen LogP contribution in [0.25, 0.3) is 0 Å². The third-order valence-corrected chi connectivity index (χ3v) is 5.69. The first-order valence-corrected chi connectivity index (χ1v) is 9.02. The van der Waals surface area contributed by atoms with E-state index in [1.165, 1.54) is 0 Å². The Morgan fingerprint density at radius 3 is 2.69 bits per heavy atom. The van der Waals surface area contributed by atoms with Crippen molar-refractivity contribution in [2.24, 2.45) is 5.92 Å². The average Bonchev–Trinajstić information content (AvgIpc) is 2.96. The number of aromatic hydroxyl groups is 1. The maximum Gasteiger partial charge on any atom is 0.347 e. The van der Waals surface area contributed by atoms with Gasteiger partial charge in [0.2, 0.25) is 0 Å². The maximum absolute atomic E-state index is 12.7. The molecule has 2 unspecified atom stereocenters. The van der Waals surface area contributed by atoms with Crippen LogP contribution in [0.4, 0.5) is 5.69 Å². The number of esters is 1. The molecule has 2 aromatic carbocycles. The van der Waals surface area contributed by atoms with E-state index in [9.17, 15) is 9.90 Å². The molecule has 0 saturated carbocycles. The summed E-state index contributed by atoms with van der Waals surface area (Å²) >= 11 is 0. The van der Waals surface area contributed by atoms with Crippen molar-refractivity contribution >= 4 is 11.7 Å². The molecule has 2 aliphatic rings. The van der Waals surface area contributed by atoms with Gasteiger partial charge in [0, 0.05) is 25.3 Å². The van der Waals surface area contributed by atoms with Crippen LogP contribution >= 0.6 is 0 Å². The third kappa shape index (κ3) is 2.63. The highest BCUT2D eigenvalue weighted by molar-refractivity contribution is 5.97. The highest BCUT2D eigenvalue weighted by atomic mass is 16.5. The van der Waals surface area contributed by atoms with Gasteiger partial charge in [-0.3, -0.25) is 4.90 Å². The molecule has 0 aliphatic carbocycles. The largest absolute Gasteiger partial charge is 0.507 e. The lowest BCUT2D eigenvalue weighted by molar-refractivity contribution is 0.0731. The number of phenolic OH excluding ortho intramolecular Hbond substituents is 1.